The van der Waals surface area contributed by atoms with E-state index in [1.165, 1.54) is 25.7 Å². The second kappa shape index (κ2) is 4.92. The Morgan fingerprint density at radius 3 is 2.29 bits per heavy atom. The van der Waals surface area contributed by atoms with Crippen molar-refractivity contribution >= 4 is 23.1 Å². The van der Waals surface area contributed by atoms with Crippen molar-refractivity contribution in [3.05, 3.63) is 0 Å². The van der Waals surface area contributed by atoms with Crippen molar-refractivity contribution in [3.8, 4) is 0 Å². The average Bonchev–Trinajstić information content (AvgIpc) is 2.98. The van der Waals surface area contributed by atoms with Gasteiger partial charge in [0.1, 0.15) is 0 Å². The Hall–Kier alpha value is -0.640. The molecule has 2 fully saturated rings. The lowest BCUT2D eigenvalue weighted by Gasteiger charge is -2.26. The van der Waals surface area contributed by atoms with Gasteiger partial charge in [-0.3, -0.25) is 4.79 Å². The Morgan fingerprint density at radius 2 is 1.88 bits per heavy atom. The van der Waals surface area contributed by atoms with Crippen molar-refractivity contribution < 1.29 is 4.79 Å². The molecule has 2 aliphatic rings. The average molecular weight is 254 g/mol. The quantitative estimate of drug-likeness (QED) is 0.780. The van der Waals surface area contributed by atoms with Gasteiger partial charge in [0.15, 0.2) is 0 Å². The zero-order valence-corrected chi connectivity index (χ0v) is 11.5. The minimum Gasteiger partial charge on any atom is -0.392 e. The summed E-state index contributed by atoms with van der Waals surface area (Å²) in [5, 5.41) is 0. The third kappa shape index (κ3) is 2.62. The van der Waals surface area contributed by atoms with Crippen LogP contribution in [0.2, 0.25) is 0 Å². The van der Waals surface area contributed by atoms with Gasteiger partial charge in [0.05, 0.1) is 11.5 Å². The molecule has 1 amide bonds. The summed E-state index contributed by atoms with van der Waals surface area (Å²) in [5.74, 6) is 1.87. The van der Waals surface area contributed by atoms with E-state index in [0.717, 1.165) is 0 Å². The number of amides is 1. The van der Waals surface area contributed by atoms with Crippen LogP contribution in [0.3, 0.4) is 0 Å². The number of thiocarbonyl (C=S) groups is 1. The molecule has 0 heterocycles. The van der Waals surface area contributed by atoms with Crippen molar-refractivity contribution in [3.63, 3.8) is 0 Å². The number of carbonyl (C=O) groups is 1. The highest BCUT2D eigenvalue weighted by molar-refractivity contribution is 7.80. The summed E-state index contributed by atoms with van der Waals surface area (Å²) < 4.78 is 0. The van der Waals surface area contributed by atoms with Gasteiger partial charge in [-0.1, -0.05) is 25.1 Å². The van der Waals surface area contributed by atoms with Crippen LogP contribution in [0.5, 0.6) is 0 Å². The summed E-state index contributed by atoms with van der Waals surface area (Å²) in [7, 11) is 0. The molecule has 4 heteroatoms. The number of hydrogen-bond acceptors (Lipinski definition) is 2. The molecule has 0 aromatic carbocycles. The predicted molar refractivity (Wildman–Crippen MR) is 72.6 cm³/mol. The Labute approximate surface area is 109 Å². The maximum Gasteiger partial charge on any atom is 0.226 e. The first-order valence-corrected chi connectivity index (χ1v) is 7.02. The monoisotopic (exact) mass is 254 g/mol. The molecule has 2 atom stereocenters. The smallest absolute Gasteiger partial charge is 0.226 e. The molecular formula is C13H22N2OS. The van der Waals surface area contributed by atoms with Gasteiger partial charge in [-0.25, -0.2) is 0 Å². The summed E-state index contributed by atoms with van der Waals surface area (Å²) in [6, 6.07) is 0.187. The van der Waals surface area contributed by atoms with Crippen LogP contribution < -0.4 is 5.73 Å². The third-order valence-electron chi connectivity index (χ3n) is 4.17. The fourth-order valence-electron chi connectivity index (χ4n) is 3.23. The second-order valence-electron chi connectivity index (χ2n) is 5.66. The van der Waals surface area contributed by atoms with E-state index in [4.69, 9.17) is 18.0 Å². The molecule has 0 aromatic rings. The van der Waals surface area contributed by atoms with E-state index >= 15 is 0 Å². The van der Waals surface area contributed by atoms with Crippen molar-refractivity contribution in [2.24, 2.45) is 23.5 Å². The lowest BCUT2D eigenvalue weighted by Crippen LogP contribution is -2.43. The van der Waals surface area contributed by atoms with Gasteiger partial charge in [0.2, 0.25) is 5.91 Å². The second-order valence-corrected chi connectivity index (χ2v) is 6.19. The van der Waals surface area contributed by atoms with Gasteiger partial charge < -0.3 is 10.6 Å². The van der Waals surface area contributed by atoms with Gasteiger partial charge in [-0.05, 0) is 38.5 Å². The molecule has 96 valence electrons. The number of fused-ring (bicyclic) bond motifs is 1. The summed E-state index contributed by atoms with van der Waals surface area (Å²) >= 11 is 4.93. The molecule has 0 saturated heterocycles. The van der Waals surface area contributed by atoms with Gasteiger partial charge in [-0.15, -0.1) is 0 Å². The molecule has 0 radical (unpaired) electrons. The first-order chi connectivity index (χ1) is 8.02. The summed E-state index contributed by atoms with van der Waals surface area (Å²) in [4.78, 5) is 14.7. The van der Waals surface area contributed by atoms with E-state index < -0.39 is 0 Å². The summed E-state index contributed by atoms with van der Waals surface area (Å²) in [6.45, 7) is 4.49. The Bertz CT molecular complexity index is 317. The van der Waals surface area contributed by atoms with E-state index in [9.17, 15) is 4.79 Å². The normalized spacial score (nSPS) is 30.9. The highest BCUT2D eigenvalue weighted by Gasteiger charge is 2.55. The number of nitrogens with two attached hydrogens (primary N) is 1. The van der Waals surface area contributed by atoms with Crippen LogP contribution in [0, 0.1) is 17.8 Å². The molecule has 2 aliphatic carbocycles. The van der Waals surface area contributed by atoms with E-state index in [0.29, 0.717) is 23.4 Å². The fourth-order valence-corrected chi connectivity index (χ4v) is 3.37. The van der Waals surface area contributed by atoms with E-state index in [1.807, 2.05) is 18.7 Å². The lowest BCUT2D eigenvalue weighted by atomic mass is 10.0. The standard InChI is InChI=1S/C13H22N2OS/c1-8(2)15(7-11(14)17)13(16)12-9-5-3-4-6-10(9)12/h8-10,12H,3-7H2,1-2H3,(H2,14,17). The Balaban J connectivity index is 1.99. The van der Waals surface area contributed by atoms with Gasteiger partial charge >= 0.3 is 0 Å². The number of carbonyl (C=O) groups excluding carboxylic acids is 1. The molecule has 2 unspecified atom stereocenters. The van der Waals surface area contributed by atoms with E-state index in [2.05, 4.69) is 0 Å². The number of hydrogen-bond donors (Lipinski definition) is 1. The topological polar surface area (TPSA) is 46.3 Å². The number of rotatable bonds is 4. The van der Waals surface area contributed by atoms with E-state index in [1.54, 1.807) is 0 Å². The van der Waals surface area contributed by atoms with Crippen molar-refractivity contribution in [2.45, 2.75) is 45.6 Å². The van der Waals surface area contributed by atoms with Crippen LogP contribution in [0.1, 0.15) is 39.5 Å². The van der Waals surface area contributed by atoms with Crippen LogP contribution in [0.4, 0.5) is 0 Å². The maximum atomic E-state index is 12.5. The van der Waals surface area contributed by atoms with Crippen LogP contribution >= 0.6 is 12.2 Å². The molecule has 0 aromatic heterocycles. The molecule has 2 rings (SSSR count). The van der Waals surface area contributed by atoms with Gasteiger partial charge in [-0.2, -0.15) is 0 Å². The summed E-state index contributed by atoms with van der Waals surface area (Å²) in [5.41, 5.74) is 5.57. The molecule has 2 N–H and O–H groups in total. The zero-order chi connectivity index (χ0) is 12.6. The predicted octanol–water partition coefficient (Wildman–Crippen LogP) is 1.95. The molecule has 17 heavy (non-hydrogen) atoms. The summed E-state index contributed by atoms with van der Waals surface area (Å²) in [6.07, 6.45) is 5.06. The molecule has 2 saturated carbocycles. The van der Waals surface area contributed by atoms with Crippen LogP contribution in [0.15, 0.2) is 0 Å². The molecule has 0 spiro atoms. The minimum absolute atomic E-state index is 0.187. The first kappa shape index (κ1) is 12.8. The van der Waals surface area contributed by atoms with Crippen LogP contribution in [-0.4, -0.2) is 28.4 Å². The van der Waals surface area contributed by atoms with Crippen molar-refractivity contribution in [2.75, 3.05) is 6.54 Å². The van der Waals surface area contributed by atoms with Crippen molar-refractivity contribution in [1.82, 2.24) is 4.90 Å². The van der Waals surface area contributed by atoms with Gasteiger partial charge in [0.25, 0.3) is 0 Å². The Morgan fingerprint density at radius 1 is 1.35 bits per heavy atom. The highest BCUT2D eigenvalue weighted by atomic mass is 32.1. The molecule has 3 nitrogen and oxygen atoms in total. The molecule has 0 bridgehead atoms. The van der Waals surface area contributed by atoms with Crippen LogP contribution in [-0.2, 0) is 4.79 Å². The first-order valence-electron chi connectivity index (χ1n) is 6.61. The maximum absolute atomic E-state index is 12.5. The zero-order valence-electron chi connectivity index (χ0n) is 10.7. The molecular weight excluding hydrogens is 232 g/mol. The number of nitrogens with zero attached hydrogens (tertiary/aromatic N) is 1. The lowest BCUT2D eigenvalue weighted by molar-refractivity contribution is -0.134. The van der Waals surface area contributed by atoms with Gasteiger partial charge in [0, 0.05) is 12.0 Å². The van der Waals surface area contributed by atoms with Crippen molar-refractivity contribution in [1.29, 1.82) is 0 Å². The SMILES string of the molecule is CC(C)N(CC(N)=S)C(=O)C1C2CCCCC21. The highest BCUT2D eigenvalue weighted by Crippen LogP contribution is 2.56. The fraction of sp³-hybridized carbons (Fsp3) is 0.846. The Kier molecular flexibility index (Phi) is 3.71. The third-order valence-corrected chi connectivity index (χ3v) is 4.30. The van der Waals surface area contributed by atoms with Crippen LogP contribution in [0.25, 0.3) is 0 Å². The largest absolute Gasteiger partial charge is 0.392 e. The molecule has 0 aliphatic heterocycles. The minimum atomic E-state index is 0.187. The van der Waals surface area contributed by atoms with E-state index in [-0.39, 0.29) is 17.9 Å².